The van der Waals surface area contributed by atoms with Gasteiger partial charge in [-0.1, -0.05) is 17.7 Å². The second-order valence-corrected chi connectivity index (χ2v) is 3.65. The van der Waals surface area contributed by atoms with Gasteiger partial charge < -0.3 is 0 Å². The molecule has 5 nitrogen and oxygen atoms in total. The first kappa shape index (κ1) is 10.6. The van der Waals surface area contributed by atoms with Crippen molar-refractivity contribution >= 4 is 35.1 Å². The first-order chi connectivity index (χ1) is 7.63. The highest BCUT2D eigenvalue weighted by atomic mass is 35.5. The first-order valence-corrected chi connectivity index (χ1v) is 4.95. The fourth-order valence-corrected chi connectivity index (χ4v) is 1.48. The molecule has 0 aliphatic carbocycles. The lowest BCUT2D eigenvalue weighted by atomic mass is 10.3. The van der Waals surface area contributed by atoms with Gasteiger partial charge in [-0.05, 0) is 18.2 Å². The number of amidine groups is 1. The Hall–Kier alpha value is -1.88. The Morgan fingerprint density at radius 2 is 2.06 bits per heavy atom. The third-order valence-corrected chi connectivity index (χ3v) is 2.15. The van der Waals surface area contributed by atoms with Crippen molar-refractivity contribution in [2.45, 2.75) is 6.42 Å². The zero-order valence-corrected chi connectivity index (χ0v) is 8.91. The molecule has 1 saturated heterocycles. The molecule has 0 spiro atoms. The van der Waals surface area contributed by atoms with Gasteiger partial charge in [-0.25, -0.2) is 9.79 Å². The van der Waals surface area contributed by atoms with E-state index < -0.39 is 6.03 Å². The van der Waals surface area contributed by atoms with Gasteiger partial charge in [0.2, 0.25) is 5.91 Å². The zero-order chi connectivity index (χ0) is 11.5. The van der Waals surface area contributed by atoms with E-state index in [4.69, 9.17) is 11.6 Å². The number of carbonyl (C=O) groups excluding carboxylic acids is 2. The minimum Gasteiger partial charge on any atom is -0.295 e. The van der Waals surface area contributed by atoms with Crippen molar-refractivity contribution in [3.05, 3.63) is 29.3 Å². The molecule has 0 radical (unpaired) electrons. The highest BCUT2D eigenvalue weighted by Crippen LogP contribution is 2.18. The van der Waals surface area contributed by atoms with Crippen LogP contribution in [0.3, 0.4) is 0 Å². The quantitative estimate of drug-likeness (QED) is 0.779. The van der Waals surface area contributed by atoms with Crippen LogP contribution in [-0.2, 0) is 4.79 Å². The van der Waals surface area contributed by atoms with Crippen LogP contribution in [0.5, 0.6) is 0 Å². The molecule has 1 aliphatic heterocycles. The number of hydrogen-bond donors (Lipinski definition) is 2. The molecule has 3 amide bonds. The Kier molecular flexibility index (Phi) is 2.87. The Labute approximate surface area is 96.5 Å². The molecule has 1 fully saturated rings. The smallest absolute Gasteiger partial charge is 0.295 e. The Morgan fingerprint density at radius 3 is 2.75 bits per heavy atom. The summed E-state index contributed by atoms with van der Waals surface area (Å²) in [6.07, 6.45) is 0.0538. The summed E-state index contributed by atoms with van der Waals surface area (Å²) in [6, 6.07) is 6.28. The van der Waals surface area contributed by atoms with Crippen LogP contribution in [0.25, 0.3) is 0 Å². The standard InChI is InChI=1S/C10H8ClN3O2/c11-6-2-1-3-7(4-6)12-8-5-9(15)14-10(16)13-8/h1-4H,5H2,(H2,12,13,14,15,16). The van der Waals surface area contributed by atoms with Crippen LogP contribution in [0.2, 0.25) is 5.02 Å². The van der Waals surface area contributed by atoms with Gasteiger partial charge in [-0.3, -0.25) is 15.4 Å². The van der Waals surface area contributed by atoms with Crippen LogP contribution in [0.4, 0.5) is 10.5 Å². The lowest BCUT2D eigenvalue weighted by molar-refractivity contribution is -0.119. The first-order valence-electron chi connectivity index (χ1n) is 4.57. The third-order valence-electron chi connectivity index (χ3n) is 1.91. The number of amides is 3. The normalized spacial score (nSPS) is 18.2. The Bertz CT molecular complexity index is 467. The molecule has 1 aliphatic rings. The van der Waals surface area contributed by atoms with Gasteiger partial charge in [0.25, 0.3) is 0 Å². The third kappa shape index (κ3) is 2.58. The number of aliphatic imine (C=N–C) groups is 1. The van der Waals surface area contributed by atoms with Gasteiger partial charge in [-0.2, -0.15) is 0 Å². The predicted octanol–water partition coefficient (Wildman–Crippen LogP) is 1.60. The summed E-state index contributed by atoms with van der Waals surface area (Å²) in [6.45, 7) is 0. The van der Waals surface area contributed by atoms with Crippen molar-refractivity contribution in [2.75, 3.05) is 0 Å². The van der Waals surface area contributed by atoms with Crippen molar-refractivity contribution in [3.8, 4) is 0 Å². The fraction of sp³-hybridized carbons (Fsp3) is 0.100. The van der Waals surface area contributed by atoms with Gasteiger partial charge in [0, 0.05) is 5.02 Å². The summed E-state index contributed by atoms with van der Waals surface area (Å²) >= 11 is 5.78. The molecule has 2 rings (SSSR count). The van der Waals surface area contributed by atoms with Gasteiger partial charge in [0.1, 0.15) is 5.84 Å². The lowest BCUT2D eigenvalue weighted by Crippen LogP contribution is -2.49. The van der Waals surface area contributed by atoms with Gasteiger partial charge in [0.05, 0.1) is 12.1 Å². The molecule has 1 heterocycles. The molecule has 1 aromatic carbocycles. The molecule has 16 heavy (non-hydrogen) atoms. The largest absolute Gasteiger partial charge is 0.326 e. The van der Waals surface area contributed by atoms with Crippen molar-refractivity contribution in [3.63, 3.8) is 0 Å². The van der Waals surface area contributed by atoms with E-state index in [2.05, 4.69) is 15.6 Å². The molecule has 2 N–H and O–H groups in total. The monoisotopic (exact) mass is 237 g/mol. The minimum atomic E-state index is -0.558. The van der Waals surface area contributed by atoms with Gasteiger partial charge >= 0.3 is 6.03 Å². The number of benzene rings is 1. The van der Waals surface area contributed by atoms with Crippen LogP contribution < -0.4 is 10.6 Å². The molecule has 0 atom stereocenters. The van der Waals surface area contributed by atoms with E-state index in [1.807, 2.05) is 0 Å². The van der Waals surface area contributed by atoms with E-state index >= 15 is 0 Å². The van der Waals surface area contributed by atoms with Crippen LogP contribution >= 0.6 is 11.6 Å². The molecule has 1 aromatic rings. The molecule has 0 saturated carbocycles. The van der Waals surface area contributed by atoms with E-state index in [9.17, 15) is 9.59 Å². The van der Waals surface area contributed by atoms with Crippen molar-refractivity contribution in [1.82, 2.24) is 10.6 Å². The number of nitrogens with one attached hydrogen (secondary N) is 2. The van der Waals surface area contributed by atoms with Crippen molar-refractivity contribution in [2.24, 2.45) is 4.99 Å². The molecular formula is C10H8ClN3O2. The second-order valence-electron chi connectivity index (χ2n) is 3.22. The Morgan fingerprint density at radius 1 is 1.25 bits per heavy atom. The number of halogens is 1. The van der Waals surface area contributed by atoms with Crippen LogP contribution in [0.1, 0.15) is 6.42 Å². The summed E-state index contributed by atoms with van der Waals surface area (Å²) < 4.78 is 0. The average molecular weight is 238 g/mol. The van der Waals surface area contributed by atoms with E-state index in [1.165, 1.54) is 0 Å². The average Bonchev–Trinajstić information content (AvgIpc) is 2.15. The fourth-order valence-electron chi connectivity index (χ4n) is 1.30. The molecular weight excluding hydrogens is 230 g/mol. The maximum absolute atomic E-state index is 11.1. The summed E-state index contributed by atoms with van der Waals surface area (Å²) in [5, 5.41) is 5.11. The number of urea groups is 1. The van der Waals surface area contributed by atoms with Crippen LogP contribution in [0, 0.1) is 0 Å². The van der Waals surface area contributed by atoms with E-state index in [0.717, 1.165) is 0 Å². The second kappa shape index (κ2) is 4.32. The maximum Gasteiger partial charge on any atom is 0.326 e. The molecule has 6 heteroatoms. The van der Waals surface area contributed by atoms with Crippen molar-refractivity contribution < 1.29 is 9.59 Å². The predicted molar refractivity (Wildman–Crippen MR) is 59.8 cm³/mol. The minimum absolute atomic E-state index is 0.0538. The zero-order valence-electron chi connectivity index (χ0n) is 8.16. The Balaban J connectivity index is 2.23. The highest BCUT2D eigenvalue weighted by molar-refractivity contribution is 6.30. The SMILES string of the molecule is O=C1CC(=Nc2cccc(Cl)c2)NC(=O)N1. The van der Waals surface area contributed by atoms with E-state index in [0.29, 0.717) is 16.5 Å². The van der Waals surface area contributed by atoms with Crippen LogP contribution in [0.15, 0.2) is 29.3 Å². The molecule has 0 unspecified atom stereocenters. The molecule has 0 aromatic heterocycles. The highest BCUT2D eigenvalue weighted by Gasteiger charge is 2.19. The topological polar surface area (TPSA) is 70.6 Å². The maximum atomic E-state index is 11.1. The number of carbonyl (C=O) groups is 2. The number of imide groups is 1. The van der Waals surface area contributed by atoms with E-state index in [1.54, 1.807) is 24.3 Å². The lowest BCUT2D eigenvalue weighted by Gasteiger charge is -2.14. The molecule has 0 bridgehead atoms. The molecule has 82 valence electrons. The number of rotatable bonds is 1. The number of nitrogens with zero attached hydrogens (tertiary/aromatic N) is 1. The summed E-state index contributed by atoms with van der Waals surface area (Å²) in [4.78, 5) is 26.2. The summed E-state index contributed by atoms with van der Waals surface area (Å²) in [5.41, 5.74) is 0.595. The number of hydrogen-bond acceptors (Lipinski definition) is 3. The summed E-state index contributed by atoms with van der Waals surface area (Å²) in [5.74, 6) is -0.0551. The van der Waals surface area contributed by atoms with Gasteiger partial charge in [-0.15, -0.1) is 0 Å². The van der Waals surface area contributed by atoms with Crippen LogP contribution in [-0.4, -0.2) is 17.8 Å². The summed E-state index contributed by atoms with van der Waals surface area (Å²) in [7, 11) is 0. The van der Waals surface area contributed by atoms with Crippen molar-refractivity contribution in [1.29, 1.82) is 0 Å². The van der Waals surface area contributed by atoms with E-state index in [-0.39, 0.29) is 12.3 Å². The van der Waals surface area contributed by atoms with Gasteiger partial charge in [0.15, 0.2) is 0 Å².